The van der Waals surface area contributed by atoms with Gasteiger partial charge < -0.3 is 14.9 Å². The minimum atomic E-state index is -1.16. The normalized spacial score (nSPS) is 22.6. The van der Waals surface area contributed by atoms with Gasteiger partial charge in [0.05, 0.1) is 17.2 Å². The van der Waals surface area contributed by atoms with Gasteiger partial charge in [-0.05, 0) is 56.5 Å². The highest BCUT2D eigenvalue weighted by molar-refractivity contribution is 6.32. The number of aliphatic hydroxyl groups is 1. The van der Waals surface area contributed by atoms with Crippen molar-refractivity contribution in [1.29, 1.82) is 0 Å². The largest absolute Gasteiger partial charge is 0.489 e. The Labute approximate surface area is 176 Å². The zero-order valence-corrected chi connectivity index (χ0v) is 17.6. The summed E-state index contributed by atoms with van der Waals surface area (Å²) >= 11 is 6.33. The quantitative estimate of drug-likeness (QED) is 0.712. The number of hydrogen-bond acceptors (Lipinski definition) is 4. The molecular formula is C23H28ClNO4. The summed E-state index contributed by atoms with van der Waals surface area (Å²) < 4.78 is 5.67. The van der Waals surface area contributed by atoms with Gasteiger partial charge in [-0.25, -0.2) is 0 Å². The maximum absolute atomic E-state index is 12.1. The van der Waals surface area contributed by atoms with Crippen LogP contribution >= 0.6 is 11.6 Å². The molecule has 0 aromatic heterocycles. The number of likely N-dealkylation sites (tertiary alicyclic amines) is 1. The predicted molar refractivity (Wildman–Crippen MR) is 113 cm³/mol. The van der Waals surface area contributed by atoms with Crippen LogP contribution in [-0.2, 0) is 17.8 Å². The van der Waals surface area contributed by atoms with Gasteiger partial charge >= 0.3 is 5.97 Å². The number of hydrogen-bond donors (Lipinski definition) is 2. The molecule has 6 heteroatoms. The van der Waals surface area contributed by atoms with E-state index in [9.17, 15) is 15.0 Å². The maximum Gasteiger partial charge on any atom is 0.312 e. The van der Waals surface area contributed by atoms with Gasteiger partial charge in [0.2, 0.25) is 0 Å². The first-order chi connectivity index (χ1) is 13.8. The summed E-state index contributed by atoms with van der Waals surface area (Å²) in [6.45, 7) is 5.39. The van der Waals surface area contributed by atoms with Crippen molar-refractivity contribution in [2.75, 3.05) is 13.1 Å². The molecule has 2 atom stereocenters. The van der Waals surface area contributed by atoms with Crippen molar-refractivity contribution in [2.45, 2.75) is 45.4 Å². The lowest BCUT2D eigenvalue weighted by Crippen LogP contribution is -2.55. The van der Waals surface area contributed by atoms with Crippen LogP contribution in [0.2, 0.25) is 5.02 Å². The van der Waals surface area contributed by atoms with E-state index in [0.717, 1.165) is 11.1 Å². The number of piperidine rings is 1. The number of aliphatic carboxylic acids is 1. The molecule has 5 nitrogen and oxygen atoms in total. The van der Waals surface area contributed by atoms with E-state index in [-0.39, 0.29) is 6.10 Å². The Balaban J connectivity index is 1.68. The Hall–Kier alpha value is -2.08. The van der Waals surface area contributed by atoms with Gasteiger partial charge in [-0.1, -0.05) is 48.0 Å². The highest BCUT2D eigenvalue weighted by Crippen LogP contribution is 2.37. The number of aliphatic hydroxyl groups excluding tert-OH is 1. The van der Waals surface area contributed by atoms with Crippen molar-refractivity contribution in [3.05, 3.63) is 64.7 Å². The summed E-state index contributed by atoms with van der Waals surface area (Å²) in [5, 5.41) is 21.3. The summed E-state index contributed by atoms with van der Waals surface area (Å²) in [6, 6.07) is 15.2. The third kappa shape index (κ3) is 5.10. The summed E-state index contributed by atoms with van der Waals surface area (Å²) in [7, 11) is 0. The van der Waals surface area contributed by atoms with Gasteiger partial charge in [0.25, 0.3) is 0 Å². The molecule has 0 bridgehead atoms. The Morgan fingerprint density at radius 3 is 2.55 bits per heavy atom. The molecular weight excluding hydrogens is 390 g/mol. The van der Waals surface area contributed by atoms with Crippen LogP contribution in [0.3, 0.4) is 0 Å². The SMILES string of the molecule is CC(C)Oc1ccc(CN2CC[C@](Cc3ccccc3)(C(=O)O)[C@H](O)C2)cc1Cl. The average molecular weight is 418 g/mol. The molecule has 0 aliphatic carbocycles. The summed E-state index contributed by atoms with van der Waals surface area (Å²) in [5.74, 6) is -0.288. The molecule has 1 saturated heterocycles. The molecule has 1 fully saturated rings. The Bertz CT molecular complexity index is 842. The summed E-state index contributed by atoms with van der Waals surface area (Å²) in [4.78, 5) is 14.2. The van der Waals surface area contributed by atoms with Gasteiger partial charge in [-0.2, -0.15) is 0 Å². The molecule has 1 heterocycles. The van der Waals surface area contributed by atoms with Gasteiger partial charge in [-0.3, -0.25) is 9.69 Å². The standard InChI is InChI=1S/C23H28ClNO4/c1-16(2)29-20-9-8-18(12-19(20)24)14-25-11-10-23(22(27)28,21(26)15-25)13-17-6-4-3-5-7-17/h3-9,12,16,21,26H,10-11,13-15H2,1-2H3,(H,27,28)/t21-,23-/m1/s1. The van der Waals surface area contributed by atoms with Gasteiger partial charge in [0.1, 0.15) is 11.2 Å². The van der Waals surface area contributed by atoms with E-state index in [4.69, 9.17) is 16.3 Å². The summed E-state index contributed by atoms with van der Waals surface area (Å²) in [6.07, 6.45) is -0.191. The fraction of sp³-hybridized carbons (Fsp3) is 0.435. The lowest BCUT2D eigenvalue weighted by Gasteiger charge is -2.43. The molecule has 0 unspecified atom stereocenters. The van der Waals surface area contributed by atoms with Crippen LogP contribution in [0, 0.1) is 5.41 Å². The van der Waals surface area contributed by atoms with E-state index in [1.165, 1.54) is 0 Å². The second-order valence-corrected chi connectivity index (χ2v) is 8.46. The third-order valence-electron chi connectivity index (χ3n) is 5.50. The van der Waals surface area contributed by atoms with Gasteiger partial charge in [-0.15, -0.1) is 0 Å². The van der Waals surface area contributed by atoms with E-state index in [2.05, 4.69) is 4.90 Å². The second-order valence-electron chi connectivity index (χ2n) is 8.06. The zero-order valence-electron chi connectivity index (χ0n) is 16.8. The highest BCUT2D eigenvalue weighted by atomic mass is 35.5. The maximum atomic E-state index is 12.1. The van der Waals surface area contributed by atoms with E-state index < -0.39 is 17.5 Å². The molecule has 1 aliphatic heterocycles. The first kappa shape index (κ1) is 21.6. The van der Waals surface area contributed by atoms with Crippen LogP contribution < -0.4 is 4.74 Å². The first-order valence-corrected chi connectivity index (χ1v) is 10.3. The van der Waals surface area contributed by atoms with Crippen molar-refractivity contribution in [3.63, 3.8) is 0 Å². The topological polar surface area (TPSA) is 70.0 Å². The number of ether oxygens (including phenoxy) is 1. The molecule has 2 N–H and O–H groups in total. The van der Waals surface area contributed by atoms with E-state index in [1.807, 2.05) is 62.4 Å². The molecule has 0 amide bonds. The fourth-order valence-corrected chi connectivity index (χ4v) is 4.17. The minimum Gasteiger partial charge on any atom is -0.489 e. The smallest absolute Gasteiger partial charge is 0.312 e. The molecule has 0 spiro atoms. The summed E-state index contributed by atoms with van der Waals surface area (Å²) in [5.41, 5.74) is 0.767. The number of nitrogens with zero attached hydrogens (tertiary/aromatic N) is 1. The van der Waals surface area contributed by atoms with E-state index in [1.54, 1.807) is 0 Å². The first-order valence-electron chi connectivity index (χ1n) is 9.93. The molecule has 0 radical (unpaired) electrons. The molecule has 2 aromatic rings. The lowest BCUT2D eigenvalue weighted by atomic mass is 9.71. The zero-order chi connectivity index (χ0) is 21.0. The highest BCUT2D eigenvalue weighted by Gasteiger charge is 2.48. The van der Waals surface area contributed by atoms with Gasteiger partial charge in [0, 0.05) is 13.1 Å². The Kier molecular flexibility index (Phi) is 6.83. The van der Waals surface area contributed by atoms with Gasteiger partial charge in [0.15, 0.2) is 0 Å². The lowest BCUT2D eigenvalue weighted by molar-refractivity contribution is -0.163. The number of halogens is 1. The molecule has 3 rings (SSSR count). The van der Waals surface area contributed by atoms with Crippen molar-refractivity contribution >= 4 is 17.6 Å². The molecule has 29 heavy (non-hydrogen) atoms. The van der Waals surface area contributed by atoms with E-state index in [0.29, 0.717) is 43.2 Å². The van der Waals surface area contributed by atoms with Crippen molar-refractivity contribution in [3.8, 4) is 5.75 Å². The second kappa shape index (κ2) is 9.16. The van der Waals surface area contributed by atoms with Crippen LogP contribution in [-0.4, -0.2) is 46.4 Å². The van der Waals surface area contributed by atoms with Crippen molar-refractivity contribution < 1.29 is 19.7 Å². The molecule has 156 valence electrons. The number of carbonyl (C=O) groups is 1. The van der Waals surface area contributed by atoms with Crippen molar-refractivity contribution in [1.82, 2.24) is 4.90 Å². The van der Waals surface area contributed by atoms with Crippen molar-refractivity contribution in [2.24, 2.45) is 5.41 Å². The minimum absolute atomic E-state index is 0.0457. The van der Waals surface area contributed by atoms with Crippen LogP contribution in [0.1, 0.15) is 31.4 Å². The molecule has 1 aliphatic rings. The Morgan fingerprint density at radius 2 is 1.97 bits per heavy atom. The fourth-order valence-electron chi connectivity index (χ4n) is 3.92. The number of rotatable bonds is 7. The molecule has 0 saturated carbocycles. The van der Waals surface area contributed by atoms with Crippen LogP contribution in [0.15, 0.2) is 48.5 Å². The monoisotopic (exact) mass is 417 g/mol. The predicted octanol–water partition coefficient (Wildman–Crippen LogP) is 4.01. The number of β-amino-alcohol motifs (C(OH)–C–C–N with tert-alkyl or cyclic N) is 1. The van der Waals surface area contributed by atoms with E-state index >= 15 is 0 Å². The molecule has 2 aromatic carbocycles. The van der Waals surface area contributed by atoms with Crippen LogP contribution in [0.5, 0.6) is 5.75 Å². The average Bonchev–Trinajstić information content (AvgIpc) is 2.66. The third-order valence-corrected chi connectivity index (χ3v) is 5.79. The van der Waals surface area contributed by atoms with Crippen LogP contribution in [0.25, 0.3) is 0 Å². The number of carboxylic acid groups (broad SMARTS) is 1. The number of benzene rings is 2. The number of carboxylic acids is 1. The van der Waals surface area contributed by atoms with Crippen LogP contribution in [0.4, 0.5) is 0 Å². The Morgan fingerprint density at radius 1 is 1.24 bits per heavy atom.